The first-order valence-electron chi connectivity index (χ1n) is 9.33. The van der Waals surface area contributed by atoms with Crippen molar-refractivity contribution < 1.29 is 18.3 Å². The van der Waals surface area contributed by atoms with Gasteiger partial charge in [-0.1, -0.05) is 0 Å². The minimum Gasteiger partial charge on any atom is -0.507 e. The van der Waals surface area contributed by atoms with Crippen LogP contribution in [0.25, 0.3) is 22.6 Å². The molecule has 6 nitrogen and oxygen atoms in total. The van der Waals surface area contributed by atoms with E-state index < -0.39 is 17.5 Å². The number of pyridine rings is 1. The molecule has 0 amide bonds. The van der Waals surface area contributed by atoms with Gasteiger partial charge in [-0.05, 0) is 56.8 Å². The van der Waals surface area contributed by atoms with Crippen LogP contribution in [-0.4, -0.2) is 50.7 Å². The van der Waals surface area contributed by atoms with Gasteiger partial charge < -0.3 is 19.9 Å². The fourth-order valence-corrected chi connectivity index (χ4v) is 3.86. The van der Waals surface area contributed by atoms with E-state index in [0.717, 1.165) is 37.2 Å². The molecule has 4 rings (SSSR count). The number of phenolic OH excluding ortho intramolecular Hbond substituents is 1. The molecule has 29 heavy (non-hydrogen) atoms. The second-order valence-electron chi connectivity index (χ2n) is 7.61. The summed E-state index contributed by atoms with van der Waals surface area (Å²) in [6.45, 7) is 3.49. The molecule has 1 aliphatic heterocycles. The predicted molar refractivity (Wildman–Crippen MR) is 105 cm³/mol. The Hall–Kier alpha value is -2.81. The summed E-state index contributed by atoms with van der Waals surface area (Å²) in [6, 6.07) is 5.81. The van der Waals surface area contributed by atoms with Gasteiger partial charge in [0.2, 0.25) is 0 Å². The monoisotopic (exact) mass is 405 g/mol. The summed E-state index contributed by atoms with van der Waals surface area (Å²) >= 11 is 0. The molecule has 0 aliphatic carbocycles. The van der Waals surface area contributed by atoms with Gasteiger partial charge in [0.25, 0.3) is 0 Å². The normalized spacial score (nSPS) is 17.9. The number of rotatable bonds is 3. The summed E-state index contributed by atoms with van der Waals surface area (Å²) in [5, 5.41) is 13.7. The van der Waals surface area contributed by atoms with E-state index in [4.69, 9.17) is 0 Å². The minimum atomic E-state index is -4.52. The molecule has 1 aliphatic rings. The number of halogens is 3. The van der Waals surface area contributed by atoms with Crippen LogP contribution in [0.5, 0.6) is 5.75 Å². The summed E-state index contributed by atoms with van der Waals surface area (Å²) < 4.78 is 40.8. The zero-order chi connectivity index (χ0) is 20.9. The van der Waals surface area contributed by atoms with Crippen molar-refractivity contribution in [2.45, 2.75) is 25.6 Å². The molecular formula is C20H22F3N5O. The maximum atomic E-state index is 13.0. The number of aryl methyl sites for hydroxylation is 2. The van der Waals surface area contributed by atoms with Crippen LogP contribution in [0.3, 0.4) is 0 Å². The Morgan fingerprint density at radius 2 is 1.93 bits per heavy atom. The Labute approximate surface area is 166 Å². The van der Waals surface area contributed by atoms with E-state index in [9.17, 15) is 18.3 Å². The molecule has 0 bridgehead atoms. The lowest BCUT2D eigenvalue weighted by atomic mass is 10.0. The second kappa shape index (κ2) is 6.91. The van der Waals surface area contributed by atoms with Crippen LogP contribution >= 0.6 is 0 Å². The van der Waals surface area contributed by atoms with Crippen molar-refractivity contribution in [3.63, 3.8) is 0 Å². The van der Waals surface area contributed by atoms with Crippen molar-refractivity contribution in [3.8, 4) is 17.1 Å². The molecule has 1 unspecified atom stereocenters. The number of imidazole rings is 1. The number of likely N-dealkylation sites (N-methyl/N-ethyl adjacent to an activating group) is 1. The molecule has 0 spiro atoms. The van der Waals surface area contributed by atoms with Gasteiger partial charge in [0, 0.05) is 19.6 Å². The smallest absolute Gasteiger partial charge is 0.416 e. The maximum absolute atomic E-state index is 13.0. The Bertz CT molecular complexity index is 1050. The average molecular weight is 405 g/mol. The van der Waals surface area contributed by atoms with Crippen LogP contribution in [0.2, 0.25) is 0 Å². The largest absolute Gasteiger partial charge is 0.507 e. The summed E-state index contributed by atoms with van der Waals surface area (Å²) in [7, 11) is 3.82. The van der Waals surface area contributed by atoms with Gasteiger partial charge in [-0.3, -0.25) is 0 Å². The van der Waals surface area contributed by atoms with E-state index in [0.29, 0.717) is 28.9 Å². The number of nitrogens with zero attached hydrogens (tertiary/aromatic N) is 4. The third-order valence-corrected chi connectivity index (χ3v) is 5.35. The van der Waals surface area contributed by atoms with Crippen molar-refractivity contribution in [1.29, 1.82) is 0 Å². The van der Waals surface area contributed by atoms with E-state index in [2.05, 4.69) is 27.2 Å². The molecule has 9 heteroatoms. The molecule has 0 radical (unpaired) electrons. The van der Waals surface area contributed by atoms with Gasteiger partial charge in [-0.2, -0.15) is 13.2 Å². The number of phenols is 1. The highest BCUT2D eigenvalue weighted by Gasteiger charge is 2.32. The molecule has 154 valence electrons. The fourth-order valence-electron chi connectivity index (χ4n) is 3.86. The lowest BCUT2D eigenvalue weighted by Gasteiger charge is -2.13. The average Bonchev–Trinajstić information content (AvgIpc) is 3.17. The first kappa shape index (κ1) is 19.5. The van der Waals surface area contributed by atoms with Crippen molar-refractivity contribution in [2.24, 2.45) is 7.05 Å². The molecule has 3 aromatic rings. The number of benzene rings is 1. The maximum Gasteiger partial charge on any atom is 0.416 e. The number of hydrogen-bond acceptors (Lipinski definition) is 5. The van der Waals surface area contributed by atoms with Crippen molar-refractivity contribution in [3.05, 3.63) is 35.4 Å². The first-order chi connectivity index (χ1) is 13.6. The number of fused-ring (bicyclic) bond motifs is 1. The van der Waals surface area contributed by atoms with Gasteiger partial charge in [0.05, 0.1) is 16.6 Å². The zero-order valence-corrected chi connectivity index (χ0v) is 16.4. The van der Waals surface area contributed by atoms with E-state index in [1.165, 1.54) is 6.92 Å². The van der Waals surface area contributed by atoms with Crippen LogP contribution in [0, 0.1) is 6.92 Å². The quantitative estimate of drug-likeness (QED) is 0.694. The van der Waals surface area contributed by atoms with Gasteiger partial charge in [0.1, 0.15) is 17.4 Å². The van der Waals surface area contributed by atoms with E-state index in [1.54, 1.807) is 11.6 Å². The lowest BCUT2D eigenvalue weighted by Crippen LogP contribution is -2.23. The first-order valence-corrected chi connectivity index (χ1v) is 9.33. The van der Waals surface area contributed by atoms with E-state index >= 15 is 0 Å². The summed E-state index contributed by atoms with van der Waals surface area (Å²) in [5.74, 6) is 0.618. The number of hydrogen-bond donors (Lipinski definition) is 2. The predicted octanol–water partition coefficient (Wildman–Crippen LogP) is 3.78. The molecule has 1 fully saturated rings. The molecule has 1 atom stereocenters. The van der Waals surface area contributed by atoms with Gasteiger partial charge in [-0.15, -0.1) is 0 Å². The van der Waals surface area contributed by atoms with Crippen molar-refractivity contribution >= 4 is 17.0 Å². The zero-order valence-electron chi connectivity index (χ0n) is 16.4. The van der Waals surface area contributed by atoms with Crippen LogP contribution < -0.4 is 5.32 Å². The molecule has 2 aromatic heterocycles. The number of anilines is 1. The molecule has 0 saturated carbocycles. The minimum absolute atomic E-state index is 0.269. The van der Waals surface area contributed by atoms with Crippen molar-refractivity contribution in [2.75, 3.05) is 25.5 Å². The van der Waals surface area contributed by atoms with Crippen LogP contribution in [0.15, 0.2) is 24.3 Å². The molecule has 3 heterocycles. The third kappa shape index (κ3) is 3.62. The Balaban J connectivity index is 1.72. The Morgan fingerprint density at radius 3 is 2.55 bits per heavy atom. The van der Waals surface area contributed by atoms with Crippen molar-refractivity contribution in [1.82, 2.24) is 19.4 Å². The number of likely N-dealkylation sites (tertiary alicyclic amines) is 1. The lowest BCUT2D eigenvalue weighted by molar-refractivity contribution is -0.137. The van der Waals surface area contributed by atoms with Gasteiger partial charge in [-0.25, -0.2) is 9.97 Å². The van der Waals surface area contributed by atoms with E-state index in [-0.39, 0.29) is 5.56 Å². The van der Waals surface area contributed by atoms with Gasteiger partial charge >= 0.3 is 6.18 Å². The molecular weight excluding hydrogens is 383 g/mol. The summed E-state index contributed by atoms with van der Waals surface area (Å²) in [4.78, 5) is 11.3. The van der Waals surface area contributed by atoms with E-state index in [1.807, 2.05) is 12.1 Å². The fraction of sp³-hybridized carbons (Fsp3) is 0.400. The molecule has 1 aromatic carbocycles. The molecule has 2 N–H and O–H groups in total. The summed E-state index contributed by atoms with van der Waals surface area (Å²) in [6.07, 6.45) is -3.49. The highest BCUT2D eigenvalue weighted by Crippen LogP contribution is 2.39. The second-order valence-corrected chi connectivity index (χ2v) is 7.61. The number of alkyl halides is 3. The third-order valence-electron chi connectivity index (χ3n) is 5.35. The number of aromatic hydroxyl groups is 1. The van der Waals surface area contributed by atoms with Crippen LogP contribution in [0.1, 0.15) is 17.5 Å². The Morgan fingerprint density at radius 1 is 1.17 bits per heavy atom. The summed E-state index contributed by atoms with van der Waals surface area (Å²) in [5.41, 5.74) is 0.875. The number of nitrogens with one attached hydrogen (secondary N) is 1. The van der Waals surface area contributed by atoms with Crippen LogP contribution in [0.4, 0.5) is 19.0 Å². The Kier molecular flexibility index (Phi) is 4.65. The number of aromatic nitrogens is 3. The standard InChI is InChI=1S/C20H22F3N5O/c1-11-8-12(20(21,22)23)9-15(29)17(11)19-26-18-14(28(19)3)4-5-16(25-18)24-13-6-7-27(2)10-13/h4-5,8-9,13,29H,6-7,10H2,1-3H3,(H,24,25). The van der Waals surface area contributed by atoms with Gasteiger partial charge in [0.15, 0.2) is 5.65 Å². The topological polar surface area (TPSA) is 66.2 Å². The van der Waals surface area contributed by atoms with Crippen LogP contribution in [-0.2, 0) is 13.2 Å². The SMILES string of the molecule is Cc1cc(C(F)(F)F)cc(O)c1-c1nc2nc(NC3CCN(C)C3)ccc2n1C. The highest BCUT2D eigenvalue weighted by molar-refractivity contribution is 5.81. The molecule has 1 saturated heterocycles. The highest BCUT2D eigenvalue weighted by atomic mass is 19.4.